The average molecular weight is 443 g/mol. The van der Waals surface area contributed by atoms with Crippen molar-refractivity contribution < 1.29 is 22.4 Å². The molecule has 0 saturated carbocycles. The molecule has 164 valence electrons. The highest BCUT2D eigenvalue weighted by Crippen LogP contribution is 2.37. The highest BCUT2D eigenvalue weighted by molar-refractivity contribution is 7.89. The molecular weight excluding hydrogens is 408 g/mol. The van der Waals surface area contributed by atoms with Gasteiger partial charge in [-0.3, -0.25) is 0 Å². The summed E-state index contributed by atoms with van der Waals surface area (Å²) < 4.78 is 38.7. The number of hydrogen-bond donors (Lipinski definition) is 0. The Morgan fingerprint density at radius 3 is 2.14 bits per heavy atom. The van der Waals surface area contributed by atoms with Crippen LogP contribution in [0.3, 0.4) is 0 Å². The van der Waals surface area contributed by atoms with Crippen molar-refractivity contribution in [2.75, 3.05) is 26.2 Å². The van der Waals surface area contributed by atoms with Crippen LogP contribution < -0.4 is 0 Å². The molecule has 1 aromatic rings. The summed E-state index contributed by atoms with van der Waals surface area (Å²) in [6.07, 6.45) is -0.470. The summed E-state index contributed by atoms with van der Waals surface area (Å²) in [5, 5.41) is 0.0181. The van der Waals surface area contributed by atoms with Gasteiger partial charge in [-0.25, -0.2) is 13.2 Å². The zero-order chi connectivity index (χ0) is 21.9. The van der Waals surface area contributed by atoms with E-state index in [1.807, 2.05) is 6.92 Å². The molecule has 0 radical (unpaired) electrons. The van der Waals surface area contributed by atoms with Crippen molar-refractivity contribution in [2.24, 2.45) is 0 Å². The van der Waals surface area contributed by atoms with Crippen LogP contribution in [0.15, 0.2) is 35.2 Å². The van der Waals surface area contributed by atoms with Crippen LogP contribution in [0, 0.1) is 0 Å². The number of amides is 1. The van der Waals surface area contributed by atoms with Crippen molar-refractivity contribution in [2.45, 2.75) is 63.4 Å². The summed E-state index contributed by atoms with van der Waals surface area (Å²) in [6, 6.07) is 8.35. The molecule has 9 heteroatoms. The fourth-order valence-electron chi connectivity index (χ4n) is 2.74. The molecule has 0 aromatic heterocycles. The minimum absolute atomic E-state index is 0.0181. The van der Waals surface area contributed by atoms with Crippen LogP contribution in [0.1, 0.15) is 34.1 Å². The molecule has 1 unspecified atom stereocenters. The molecule has 1 aliphatic heterocycles. The average Bonchev–Trinajstić information content (AvgIpc) is 2.67. The first-order valence-electron chi connectivity index (χ1n) is 10.1. The van der Waals surface area contributed by atoms with Crippen LogP contribution in [0.25, 0.3) is 0 Å². The van der Waals surface area contributed by atoms with Crippen LogP contribution in [0.2, 0.25) is 18.1 Å². The highest BCUT2D eigenvalue weighted by Gasteiger charge is 2.40. The molecule has 1 saturated heterocycles. The van der Waals surface area contributed by atoms with Crippen molar-refractivity contribution in [3.05, 3.63) is 30.3 Å². The summed E-state index contributed by atoms with van der Waals surface area (Å²) in [7, 11) is -5.61. The van der Waals surface area contributed by atoms with Crippen LogP contribution in [0.5, 0.6) is 0 Å². The standard InChI is InChI=1S/C20H34N2O5SSi/c1-7-18(27-29(5,6)20(2,3)4)26-19(23)21-13-15-22(16-14-21)28(24,25)17-11-9-8-10-12-17/h8-12,18H,7,13-16H2,1-6H3. The lowest BCUT2D eigenvalue weighted by molar-refractivity contribution is -0.0579. The third kappa shape index (κ3) is 5.81. The van der Waals surface area contributed by atoms with Crippen LogP contribution in [-0.4, -0.2) is 64.5 Å². The Morgan fingerprint density at radius 1 is 1.10 bits per heavy atom. The Morgan fingerprint density at radius 2 is 1.66 bits per heavy atom. The Bertz CT molecular complexity index is 785. The zero-order valence-electron chi connectivity index (χ0n) is 18.3. The summed E-state index contributed by atoms with van der Waals surface area (Å²) in [6.45, 7) is 13.7. The Balaban J connectivity index is 1.94. The Hall–Kier alpha value is -1.42. The second kappa shape index (κ2) is 9.16. The van der Waals surface area contributed by atoms with Crippen LogP contribution in [0.4, 0.5) is 4.79 Å². The van der Waals surface area contributed by atoms with E-state index < -0.39 is 30.7 Å². The number of carbonyl (C=O) groups is 1. The first kappa shape index (κ1) is 23.9. The van der Waals surface area contributed by atoms with Gasteiger partial charge in [-0.15, -0.1) is 0 Å². The SMILES string of the molecule is CCC(OC(=O)N1CCN(S(=O)(=O)c2ccccc2)CC1)O[Si](C)(C)C(C)(C)C. The fraction of sp³-hybridized carbons (Fsp3) is 0.650. The van der Waals surface area contributed by atoms with Crippen molar-refractivity contribution in [1.82, 2.24) is 9.21 Å². The van der Waals surface area contributed by atoms with E-state index in [2.05, 4.69) is 33.9 Å². The summed E-state index contributed by atoms with van der Waals surface area (Å²) in [4.78, 5) is 14.4. The molecule has 1 atom stereocenters. The summed E-state index contributed by atoms with van der Waals surface area (Å²) in [5.74, 6) is 0. The number of benzene rings is 1. The number of nitrogens with zero attached hydrogens (tertiary/aromatic N) is 2. The van der Waals surface area contributed by atoms with Crippen LogP contribution in [-0.2, 0) is 19.2 Å². The Kier molecular flexibility index (Phi) is 7.53. The van der Waals surface area contributed by atoms with Crippen molar-refractivity contribution in [3.8, 4) is 0 Å². The van der Waals surface area contributed by atoms with E-state index in [9.17, 15) is 13.2 Å². The van der Waals surface area contributed by atoms with E-state index in [4.69, 9.17) is 9.16 Å². The quantitative estimate of drug-likeness (QED) is 0.493. The van der Waals surface area contributed by atoms with Gasteiger partial charge in [0.05, 0.1) is 4.90 Å². The second-order valence-corrected chi connectivity index (χ2v) is 15.5. The topological polar surface area (TPSA) is 76.2 Å². The summed E-state index contributed by atoms with van der Waals surface area (Å²) in [5.41, 5.74) is 0. The minimum Gasteiger partial charge on any atom is -0.420 e. The molecule has 7 nitrogen and oxygen atoms in total. The molecule has 29 heavy (non-hydrogen) atoms. The maximum absolute atomic E-state index is 12.7. The molecule has 0 spiro atoms. The van der Waals surface area contributed by atoms with Crippen molar-refractivity contribution in [1.29, 1.82) is 0 Å². The number of rotatable bonds is 6. The van der Waals surface area contributed by atoms with E-state index in [1.165, 1.54) is 4.31 Å². The van der Waals surface area contributed by atoms with Gasteiger partial charge in [-0.1, -0.05) is 45.9 Å². The van der Waals surface area contributed by atoms with Crippen molar-refractivity contribution >= 4 is 24.4 Å². The minimum atomic E-state index is -3.54. The fourth-order valence-corrected chi connectivity index (χ4v) is 5.40. The van der Waals surface area contributed by atoms with E-state index in [1.54, 1.807) is 35.2 Å². The number of hydrogen-bond acceptors (Lipinski definition) is 5. The monoisotopic (exact) mass is 442 g/mol. The smallest absolute Gasteiger partial charge is 0.412 e. The lowest BCUT2D eigenvalue weighted by Crippen LogP contribution is -2.52. The van der Waals surface area contributed by atoms with Gasteiger partial charge in [0.2, 0.25) is 10.0 Å². The maximum atomic E-state index is 12.7. The van der Waals surface area contributed by atoms with Crippen LogP contribution >= 0.6 is 0 Å². The predicted octanol–water partition coefficient (Wildman–Crippen LogP) is 3.89. The van der Waals surface area contributed by atoms with Gasteiger partial charge in [0.15, 0.2) is 14.6 Å². The van der Waals surface area contributed by atoms with E-state index in [0.29, 0.717) is 19.5 Å². The number of ether oxygens (including phenoxy) is 1. The zero-order valence-corrected chi connectivity index (χ0v) is 20.2. The molecule has 0 aliphatic carbocycles. The lowest BCUT2D eigenvalue weighted by Gasteiger charge is -2.39. The molecule has 0 N–H and O–H groups in total. The molecule has 1 aliphatic rings. The molecule has 0 bridgehead atoms. The van der Waals surface area contributed by atoms with Crippen molar-refractivity contribution in [3.63, 3.8) is 0 Å². The molecule has 2 rings (SSSR count). The normalized spacial score (nSPS) is 17.8. The summed E-state index contributed by atoms with van der Waals surface area (Å²) >= 11 is 0. The van der Waals surface area contributed by atoms with E-state index in [0.717, 1.165) is 0 Å². The van der Waals surface area contributed by atoms with Gasteiger partial charge in [0.1, 0.15) is 0 Å². The largest absolute Gasteiger partial charge is 0.420 e. The van der Waals surface area contributed by atoms with Gasteiger partial charge < -0.3 is 14.1 Å². The van der Waals surface area contributed by atoms with Gasteiger partial charge in [0, 0.05) is 32.6 Å². The number of piperazine rings is 1. The Labute approximate surface area is 176 Å². The first-order valence-corrected chi connectivity index (χ1v) is 14.4. The van der Waals surface area contributed by atoms with Gasteiger partial charge in [-0.05, 0) is 30.3 Å². The number of carbonyl (C=O) groups excluding carboxylic acids is 1. The third-order valence-corrected chi connectivity index (χ3v) is 12.1. The van der Waals surface area contributed by atoms with E-state index >= 15 is 0 Å². The van der Waals surface area contributed by atoms with Gasteiger partial charge in [-0.2, -0.15) is 4.31 Å². The second-order valence-electron chi connectivity index (χ2n) is 8.80. The lowest BCUT2D eigenvalue weighted by atomic mass is 10.2. The maximum Gasteiger partial charge on any atom is 0.412 e. The van der Waals surface area contributed by atoms with Gasteiger partial charge >= 0.3 is 6.09 Å². The predicted molar refractivity (Wildman–Crippen MR) is 116 cm³/mol. The molecule has 1 aromatic carbocycles. The van der Waals surface area contributed by atoms with Gasteiger partial charge in [0.25, 0.3) is 0 Å². The van der Waals surface area contributed by atoms with E-state index in [-0.39, 0.29) is 23.0 Å². The molecular formula is C20H34N2O5SSi. The first-order chi connectivity index (χ1) is 13.4. The number of sulfonamides is 1. The molecule has 1 fully saturated rings. The molecule has 1 heterocycles. The third-order valence-electron chi connectivity index (χ3n) is 5.68. The highest BCUT2D eigenvalue weighted by atomic mass is 32.2. The molecule has 1 amide bonds.